The average molecular weight is 343 g/mol. The van der Waals surface area contributed by atoms with Gasteiger partial charge in [0.05, 0.1) is 16.1 Å². The van der Waals surface area contributed by atoms with E-state index in [1.54, 1.807) is 6.07 Å². The monoisotopic (exact) mass is 342 g/mol. The number of carbonyl (C=O) groups excluding carboxylic acids is 1. The van der Waals surface area contributed by atoms with Crippen molar-refractivity contribution in [2.45, 2.75) is 19.8 Å². The quantitative estimate of drug-likeness (QED) is 0.747. The van der Waals surface area contributed by atoms with E-state index >= 15 is 0 Å². The maximum atomic E-state index is 11.5. The van der Waals surface area contributed by atoms with Crippen molar-refractivity contribution < 1.29 is 4.79 Å². The van der Waals surface area contributed by atoms with E-state index in [0.717, 1.165) is 29.9 Å². The van der Waals surface area contributed by atoms with Crippen LogP contribution in [0.3, 0.4) is 0 Å². The summed E-state index contributed by atoms with van der Waals surface area (Å²) in [6, 6.07) is 11.7. The van der Waals surface area contributed by atoms with Crippen LogP contribution in [0.2, 0.25) is 5.02 Å². The summed E-state index contributed by atoms with van der Waals surface area (Å²) in [4.78, 5) is 16.1. The molecule has 0 saturated heterocycles. The van der Waals surface area contributed by atoms with Gasteiger partial charge in [0.15, 0.2) is 0 Å². The molecule has 0 fully saturated rings. The molecule has 0 aliphatic rings. The van der Waals surface area contributed by atoms with E-state index in [9.17, 15) is 4.79 Å². The van der Waals surface area contributed by atoms with Crippen LogP contribution in [0, 0.1) is 0 Å². The first-order valence-electron chi connectivity index (χ1n) is 7.85. The summed E-state index contributed by atoms with van der Waals surface area (Å²) in [7, 11) is 0. The van der Waals surface area contributed by atoms with Crippen molar-refractivity contribution in [2.24, 2.45) is 11.5 Å². The Kier molecular flexibility index (Phi) is 4.55. The second-order valence-corrected chi connectivity index (χ2v) is 5.96. The van der Waals surface area contributed by atoms with Gasteiger partial charge in [0.1, 0.15) is 11.3 Å². The fourth-order valence-electron chi connectivity index (χ4n) is 2.85. The Morgan fingerprint density at radius 2 is 1.92 bits per heavy atom. The van der Waals surface area contributed by atoms with Crippen molar-refractivity contribution in [3.8, 4) is 5.69 Å². The number of nitrogens with zero attached hydrogens (tertiary/aromatic N) is 2. The van der Waals surface area contributed by atoms with Gasteiger partial charge in [-0.05, 0) is 42.8 Å². The molecule has 4 N–H and O–H groups in total. The van der Waals surface area contributed by atoms with Crippen LogP contribution in [-0.2, 0) is 12.8 Å². The molecule has 0 radical (unpaired) electrons. The highest BCUT2D eigenvalue weighted by Gasteiger charge is 2.17. The highest BCUT2D eigenvalue weighted by atomic mass is 35.5. The van der Waals surface area contributed by atoms with Crippen LogP contribution in [-0.4, -0.2) is 22.0 Å². The van der Waals surface area contributed by atoms with Gasteiger partial charge in [0, 0.05) is 12.1 Å². The first-order chi connectivity index (χ1) is 11.6. The number of fused-ring (bicyclic) bond motifs is 1. The van der Waals surface area contributed by atoms with Gasteiger partial charge < -0.3 is 11.5 Å². The number of aryl methyl sites for hydroxylation is 1. The maximum absolute atomic E-state index is 11.5. The van der Waals surface area contributed by atoms with Gasteiger partial charge in [-0.25, -0.2) is 4.98 Å². The summed E-state index contributed by atoms with van der Waals surface area (Å²) < 4.78 is 2.05. The van der Waals surface area contributed by atoms with Crippen molar-refractivity contribution in [1.29, 1.82) is 0 Å². The van der Waals surface area contributed by atoms with Crippen LogP contribution >= 0.6 is 11.6 Å². The topological polar surface area (TPSA) is 86.9 Å². The first kappa shape index (κ1) is 16.5. The van der Waals surface area contributed by atoms with E-state index in [4.69, 9.17) is 23.1 Å². The minimum absolute atomic E-state index is 0.287. The molecular weight excluding hydrogens is 324 g/mol. The number of imidazole rings is 1. The molecule has 0 atom stereocenters. The molecular formula is C18H19ClN4O. The Balaban J connectivity index is 2.19. The fraction of sp³-hybridized carbons (Fsp3) is 0.222. The van der Waals surface area contributed by atoms with Gasteiger partial charge in [-0.2, -0.15) is 0 Å². The standard InChI is InChI=1S/C18H19ClN4O/c1-2-15-22-17-14(8-7-13(16(17)19)18(21)24)23(15)12-5-3-11(4-6-12)9-10-20/h3-8H,2,9-10,20H2,1H3,(H2,21,24). The molecule has 3 aromatic rings. The molecule has 3 rings (SSSR count). The second-order valence-electron chi connectivity index (χ2n) is 5.58. The third kappa shape index (κ3) is 2.77. The molecule has 5 nitrogen and oxygen atoms in total. The van der Waals surface area contributed by atoms with E-state index in [1.165, 1.54) is 5.56 Å². The number of nitrogens with two attached hydrogens (primary N) is 2. The predicted molar refractivity (Wildman–Crippen MR) is 96.7 cm³/mol. The van der Waals surface area contributed by atoms with Crippen LogP contribution in [0.25, 0.3) is 16.7 Å². The Morgan fingerprint density at radius 1 is 1.21 bits per heavy atom. The Bertz CT molecular complexity index is 900. The van der Waals surface area contributed by atoms with Crippen LogP contribution in [0.5, 0.6) is 0 Å². The van der Waals surface area contributed by atoms with Gasteiger partial charge in [-0.15, -0.1) is 0 Å². The lowest BCUT2D eigenvalue weighted by Crippen LogP contribution is -2.11. The Labute approximate surface area is 145 Å². The van der Waals surface area contributed by atoms with Crippen molar-refractivity contribution in [3.05, 3.63) is 58.4 Å². The number of hydrogen-bond acceptors (Lipinski definition) is 3. The summed E-state index contributed by atoms with van der Waals surface area (Å²) in [5, 5.41) is 0.299. The van der Waals surface area contributed by atoms with Gasteiger partial charge in [0.2, 0.25) is 5.91 Å². The summed E-state index contributed by atoms with van der Waals surface area (Å²) in [6.45, 7) is 2.66. The molecule has 0 spiro atoms. The minimum Gasteiger partial charge on any atom is -0.366 e. The zero-order valence-electron chi connectivity index (χ0n) is 13.4. The van der Waals surface area contributed by atoms with Gasteiger partial charge in [-0.1, -0.05) is 30.7 Å². The first-order valence-corrected chi connectivity index (χ1v) is 8.23. The molecule has 1 heterocycles. The van der Waals surface area contributed by atoms with E-state index in [-0.39, 0.29) is 5.56 Å². The summed E-state index contributed by atoms with van der Waals surface area (Å²) in [6.07, 6.45) is 1.58. The normalized spacial score (nSPS) is 11.1. The lowest BCUT2D eigenvalue weighted by Gasteiger charge is -2.10. The highest BCUT2D eigenvalue weighted by Crippen LogP contribution is 2.30. The van der Waals surface area contributed by atoms with Gasteiger partial charge in [-0.3, -0.25) is 9.36 Å². The number of benzene rings is 2. The Hall–Kier alpha value is -2.37. The lowest BCUT2D eigenvalue weighted by molar-refractivity contribution is 0.100. The smallest absolute Gasteiger partial charge is 0.250 e. The van der Waals surface area contributed by atoms with E-state index < -0.39 is 5.91 Å². The van der Waals surface area contributed by atoms with E-state index in [1.807, 2.05) is 25.1 Å². The molecule has 0 aliphatic heterocycles. The zero-order chi connectivity index (χ0) is 17.3. The van der Waals surface area contributed by atoms with Crippen LogP contribution < -0.4 is 11.5 Å². The molecule has 0 bridgehead atoms. The molecule has 0 saturated carbocycles. The second kappa shape index (κ2) is 6.63. The van der Waals surface area contributed by atoms with Crippen LogP contribution in [0.1, 0.15) is 28.7 Å². The molecule has 2 aromatic carbocycles. The number of carbonyl (C=O) groups is 1. The number of rotatable bonds is 5. The van der Waals surface area contributed by atoms with Crippen molar-refractivity contribution in [2.75, 3.05) is 6.54 Å². The van der Waals surface area contributed by atoms with Crippen LogP contribution in [0.15, 0.2) is 36.4 Å². The molecule has 0 unspecified atom stereocenters. The van der Waals surface area contributed by atoms with E-state index in [0.29, 0.717) is 17.1 Å². The molecule has 6 heteroatoms. The number of hydrogen-bond donors (Lipinski definition) is 2. The summed E-state index contributed by atoms with van der Waals surface area (Å²) >= 11 is 6.34. The SMILES string of the molecule is CCc1nc2c(Cl)c(C(N)=O)ccc2n1-c1ccc(CCN)cc1. The highest BCUT2D eigenvalue weighted by molar-refractivity contribution is 6.38. The average Bonchev–Trinajstić information content (AvgIpc) is 2.95. The molecule has 24 heavy (non-hydrogen) atoms. The third-order valence-corrected chi connectivity index (χ3v) is 4.43. The molecule has 1 aromatic heterocycles. The van der Waals surface area contributed by atoms with Crippen molar-refractivity contribution >= 4 is 28.5 Å². The fourth-order valence-corrected chi connectivity index (χ4v) is 3.15. The molecule has 1 amide bonds. The minimum atomic E-state index is -0.555. The van der Waals surface area contributed by atoms with E-state index in [2.05, 4.69) is 21.7 Å². The zero-order valence-corrected chi connectivity index (χ0v) is 14.2. The summed E-state index contributed by atoms with van der Waals surface area (Å²) in [5.74, 6) is 0.320. The third-order valence-electron chi connectivity index (χ3n) is 4.04. The summed E-state index contributed by atoms with van der Waals surface area (Å²) in [5.41, 5.74) is 14.9. The molecule has 124 valence electrons. The number of halogens is 1. The lowest BCUT2D eigenvalue weighted by atomic mass is 10.1. The van der Waals surface area contributed by atoms with Crippen molar-refractivity contribution in [1.82, 2.24) is 9.55 Å². The molecule has 0 aliphatic carbocycles. The van der Waals surface area contributed by atoms with Crippen LogP contribution in [0.4, 0.5) is 0 Å². The number of aromatic nitrogens is 2. The Morgan fingerprint density at radius 3 is 2.50 bits per heavy atom. The number of amides is 1. The maximum Gasteiger partial charge on any atom is 0.250 e. The van der Waals surface area contributed by atoms with Crippen molar-refractivity contribution in [3.63, 3.8) is 0 Å². The van der Waals surface area contributed by atoms with Gasteiger partial charge in [0.25, 0.3) is 0 Å². The number of primary amides is 1. The largest absolute Gasteiger partial charge is 0.366 e. The van der Waals surface area contributed by atoms with Gasteiger partial charge >= 0.3 is 0 Å². The predicted octanol–water partition coefficient (Wildman–Crippen LogP) is 2.84.